The Hall–Kier alpha value is -1.59. The van der Waals surface area contributed by atoms with Crippen molar-refractivity contribution in [2.45, 2.75) is 12.5 Å². The second-order valence-electron chi connectivity index (χ2n) is 4.85. The van der Waals surface area contributed by atoms with Gasteiger partial charge in [0.25, 0.3) is 0 Å². The number of hydrogen-bond donors (Lipinski definition) is 1. The Morgan fingerprint density at radius 3 is 2.63 bits per heavy atom. The van der Waals surface area contributed by atoms with Crippen LogP contribution in [-0.4, -0.2) is 50.6 Å². The molecule has 2 rings (SSSR count). The topological polar surface area (TPSA) is 58.8 Å². The lowest BCUT2D eigenvalue weighted by Crippen LogP contribution is -2.55. The van der Waals surface area contributed by atoms with Crippen molar-refractivity contribution in [3.8, 4) is 5.75 Å². The zero-order valence-electron chi connectivity index (χ0n) is 11.5. The van der Waals surface area contributed by atoms with E-state index >= 15 is 0 Å². The molecule has 1 saturated heterocycles. The molecule has 1 amide bonds. The number of nitrogens with zero attached hydrogens (tertiary/aromatic N) is 2. The van der Waals surface area contributed by atoms with Crippen LogP contribution in [0.1, 0.15) is 6.42 Å². The van der Waals surface area contributed by atoms with Crippen molar-refractivity contribution in [3.05, 3.63) is 24.3 Å². The molecule has 0 aromatic heterocycles. The van der Waals surface area contributed by atoms with Crippen molar-refractivity contribution in [1.82, 2.24) is 4.90 Å². The number of amides is 1. The van der Waals surface area contributed by atoms with Crippen LogP contribution in [0.3, 0.4) is 0 Å². The van der Waals surface area contributed by atoms with Crippen molar-refractivity contribution in [1.29, 1.82) is 0 Å². The van der Waals surface area contributed by atoms with Crippen molar-refractivity contribution >= 4 is 11.6 Å². The fourth-order valence-electron chi connectivity index (χ4n) is 2.40. The van der Waals surface area contributed by atoms with Crippen LogP contribution in [0.15, 0.2) is 24.3 Å². The molecule has 0 aliphatic carbocycles. The van der Waals surface area contributed by atoms with E-state index in [9.17, 15) is 4.79 Å². The fraction of sp³-hybridized carbons (Fsp3) is 0.500. The third-order valence-corrected chi connectivity index (χ3v) is 3.59. The Balaban J connectivity index is 2.14. The number of methoxy groups -OCH3 is 1. The third-order valence-electron chi connectivity index (χ3n) is 3.59. The van der Waals surface area contributed by atoms with E-state index in [4.69, 9.17) is 10.5 Å². The second-order valence-corrected chi connectivity index (χ2v) is 4.85. The number of carbonyl (C=O) groups excluding carboxylic acids is 1. The number of anilines is 1. The van der Waals surface area contributed by atoms with E-state index in [0.717, 1.165) is 17.9 Å². The van der Waals surface area contributed by atoms with Gasteiger partial charge in [0.15, 0.2) is 0 Å². The first-order chi connectivity index (χ1) is 9.15. The molecule has 1 aliphatic rings. The van der Waals surface area contributed by atoms with Crippen LogP contribution in [-0.2, 0) is 4.79 Å². The van der Waals surface area contributed by atoms with Crippen molar-refractivity contribution in [2.75, 3.05) is 38.7 Å². The highest BCUT2D eigenvalue weighted by atomic mass is 16.5. The first-order valence-corrected chi connectivity index (χ1v) is 6.50. The minimum absolute atomic E-state index is 0.126. The molecule has 0 saturated carbocycles. The van der Waals surface area contributed by atoms with Gasteiger partial charge in [-0.15, -0.1) is 0 Å². The lowest BCUT2D eigenvalue weighted by Gasteiger charge is -2.39. The van der Waals surface area contributed by atoms with Crippen LogP contribution < -0.4 is 15.4 Å². The predicted octanol–water partition coefficient (Wildman–Crippen LogP) is 0.691. The molecule has 1 heterocycles. The van der Waals surface area contributed by atoms with E-state index in [-0.39, 0.29) is 5.91 Å². The normalized spacial score (nSPS) is 20.7. The number of hydrogen-bond acceptors (Lipinski definition) is 4. The summed E-state index contributed by atoms with van der Waals surface area (Å²) in [5.74, 6) is 0.921. The second kappa shape index (κ2) is 6.04. The average molecular weight is 263 g/mol. The van der Waals surface area contributed by atoms with E-state index in [1.54, 1.807) is 7.11 Å². The van der Waals surface area contributed by atoms with E-state index in [2.05, 4.69) is 4.90 Å². The molecule has 1 atom stereocenters. The Morgan fingerprint density at radius 1 is 1.37 bits per heavy atom. The van der Waals surface area contributed by atoms with Crippen molar-refractivity contribution in [2.24, 2.45) is 5.73 Å². The summed E-state index contributed by atoms with van der Waals surface area (Å²) in [7, 11) is 3.61. The highest BCUT2D eigenvalue weighted by molar-refractivity contribution is 5.95. The molecular formula is C14H21N3O2. The third kappa shape index (κ3) is 3.05. The summed E-state index contributed by atoms with van der Waals surface area (Å²) in [5, 5.41) is 0. The van der Waals surface area contributed by atoms with Crippen LogP contribution >= 0.6 is 0 Å². The first kappa shape index (κ1) is 13.8. The SMILES string of the molecule is COc1ccc(N2CC(CCN)N(C)CC2=O)cc1. The average Bonchev–Trinajstić information content (AvgIpc) is 2.42. The van der Waals surface area contributed by atoms with Crippen molar-refractivity contribution < 1.29 is 9.53 Å². The summed E-state index contributed by atoms with van der Waals surface area (Å²) in [6.45, 7) is 1.77. The molecule has 1 aromatic rings. The number of carbonyl (C=O) groups is 1. The Morgan fingerprint density at radius 2 is 2.05 bits per heavy atom. The molecule has 2 N–H and O–H groups in total. The van der Waals surface area contributed by atoms with Crippen LogP contribution in [0.2, 0.25) is 0 Å². The summed E-state index contributed by atoms with van der Waals surface area (Å²) < 4.78 is 5.13. The lowest BCUT2D eigenvalue weighted by atomic mass is 10.1. The number of ether oxygens (including phenoxy) is 1. The largest absolute Gasteiger partial charge is 0.497 e. The molecule has 1 fully saturated rings. The summed E-state index contributed by atoms with van der Waals surface area (Å²) in [5.41, 5.74) is 6.55. The predicted molar refractivity (Wildman–Crippen MR) is 75.4 cm³/mol. The molecule has 19 heavy (non-hydrogen) atoms. The minimum atomic E-state index is 0.126. The van der Waals surface area contributed by atoms with E-state index in [1.165, 1.54) is 0 Å². The van der Waals surface area contributed by atoms with Gasteiger partial charge >= 0.3 is 0 Å². The maximum Gasteiger partial charge on any atom is 0.241 e. The van der Waals surface area contributed by atoms with Gasteiger partial charge in [0.1, 0.15) is 5.75 Å². The van der Waals surface area contributed by atoms with E-state index in [1.807, 2.05) is 36.2 Å². The van der Waals surface area contributed by atoms with Gasteiger partial charge in [0.05, 0.1) is 13.7 Å². The Bertz CT molecular complexity index is 433. The first-order valence-electron chi connectivity index (χ1n) is 6.50. The highest BCUT2D eigenvalue weighted by Crippen LogP contribution is 2.23. The number of rotatable bonds is 4. The van der Waals surface area contributed by atoms with Crippen LogP contribution in [0.5, 0.6) is 5.75 Å². The van der Waals surface area contributed by atoms with Gasteiger partial charge < -0.3 is 15.4 Å². The van der Waals surface area contributed by atoms with Gasteiger partial charge in [-0.3, -0.25) is 9.69 Å². The Labute approximate surface area is 113 Å². The zero-order valence-corrected chi connectivity index (χ0v) is 11.5. The van der Waals surface area contributed by atoms with Crippen LogP contribution in [0.4, 0.5) is 5.69 Å². The monoisotopic (exact) mass is 263 g/mol. The Kier molecular flexibility index (Phi) is 4.39. The number of piperazine rings is 1. The van der Waals surface area contributed by atoms with Gasteiger partial charge in [0, 0.05) is 18.3 Å². The number of nitrogens with two attached hydrogens (primary N) is 1. The van der Waals surface area contributed by atoms with Crippen LogP contribution in [0.25, 0.3) is 0 Å². The fourth-order valence-corrected chi connectivity index (χ4v) is 2.40. The number of benzene rings is 1. The van der Waals surface area contributed by atoms with E-state index in [0.29, 0.717) is 25.7 Å². The summed E-state index contributed by atoms with van der Waals surface area (Å²) in [4.78, 5) is 16.0. The molecule has 1 aliphatic heterocycles. The molecule has 0 spiro atoms. The van der Waals surface area contributed by atoms with Gasteiger partial charge in [-0.05, 0) is 44.3 Å². The van der Waals surface area contributed by atoms with Crippen molar-refractivity contribution in [3.63, 3.8) is 0 Å². The molecule has 1 unspecified atom stereocenters. The molecule has 104 valence electrons. The molecular weight excluding hydrogens is 242 g/mol. The van der Waals surface area contributed by atoms with E-state index < -0.39 is 0 Å². The molecule has 0 bridgehead atoms. The van der Waals surface area contributed by atoms with Gasteiger partial charge in [-0.1, -0.05) is 0 Å². The summed E-state index contributed by atoms with van der Waals surface area (Å²) >= 11 is 0. The highest BCUT2D eigenvalue weighted by Gasteiger charge is 2.29. The number of likely N-dealkylation sites (N-methyl/N-ethyl adjacent to an activating group) is 1. The maximum absolute atomic E-state index is 12.1. The standard InChI is InChI=1S/C14H21N3O2/c1-16-10-14(18)17(9-12(16)7-8-15)11-3-5-13(19-2)6-4-11/h3-6,12H,7-10,15H2,1-2H3. The molecule has 5 nitrogen and oxygen atoms in total. The minimum Gasteiger partial charge on any atom is -0.497 e. The smallest absolute Gasteiger partial charge is 0.241 e. The quantitative estimate of drug-likeness (QED) is 0.868. The van der Waals surface area contributed by atoms with Gasteiger partial charge in [-0.25, -0.2) is 0 Å². The zero-order chi connectivity index (χ0) is 13.8. The lowest BCUT2D eigenvalue weighted by molar-refractivity contribution is -0.122. The maximum atomic E-state index is 12.1. The molecule has 1 aromatic carbocycles. The molecule has 0 radical (unpaired) electrons. The van der Waals surface area contributed by atoms with Gasteiger partial charge in [-0.2, -0.15) is 0 Å². The summed E-state index contributed by atoms with van der Waals surface area (Å²) in [6, 6.07) is 7.91. The summed E-state index contributed by atoms with van der Waals surface area (Å²) in [6.07, 6.45) is 0.899. The van der Waals surface area contributed by atoms with Gasteiger partial charge in [0.2, 0.25) is 5.91 Å². The van der Waals surface area contributed by atoms with Crippen LogP contribution in [0, 0.1) is 0 Å². The molecule has 5 heteroatoms.